The first-order chi connectivity index (χ1) is 7.46. The lowest BCUT2D eigenvalue weighted by molar-refractivity contribution is 0.303. The molecule has 1 aromatic rings. The van der Waals surface area contributed by atoms with Crippen molar-refractivity contribution in [3.05, 3.63) is 22.4 Å². The Morgan fingerprint density at radius 1 is 1.50 bits per heavy atom. The molecule has 0 radical (unpaired) electrons. The van der Waals surface area contributed by atoms with E-state index < -0.39 is 10.0 Å². The minimum absolute atomic E-state index is 0.0984. The van der Waals surface area contributed by atoms with E-state index in [4.69, 9.17) is 0 Å². The number of sulfonamides is 1. The van der Waals surface area contributed by atoms with Crippen LogP contribution < -0.4 is 4.72 Å². The molecule has 0 aliphatic rings. The highest BCUT2D eigenvalue weighted by Gasteiger charge is 2.17. The lowest BCUT2D eigenvalue weighted by Crippen LogP contribution is -2.34. The van der Waals surface area contributed by atoms with Crippen molar-refractivity contribution in [2.24, 2.45) is 0 Å². The third-order valence-corrected chi connectivity index (χ3v) is 4.71. The molecule has 1 aromatic heterocycles. The van der Waals surface area contributed by atoms with Crippen molar-refractivity contribution >= 4 is 21.4 Å². The Labute approximate surface area is 101 Å². The fourth-order valence-electron chi connectivity index (χ4n) is 1.33. The van der Waals surface area contributed by atoms with Crippen LogP contribution in [0.3, 0.4) is 0 Å². The van der Waals surface area contributed by atoms with E-state index in [1.54, 1.807) is 18.3 Å². The normalized spacial score (nSPS) is 14.2. The number of nitrogens with one attached hydrogen (secondary N) is 1. The predicted octanol–water partition coefficient (Wildman–Crippen LogP) is 1.29. The monoisotopic (exact) mass is 262 g/mol. The Balaban J connectivity index is 2.68. The first-order valence-corrected chi connectivity index (χ1v) is 7.66. The molecule has 1 N–H and O–H groups in total. The van der Waals surface area contributed by atoms with Gasteiger partial charge in [-0.15, -0.1) is 11.3 Å². The van der Waals surface area contributed by atoms with Gasteiger partial charge >= 0.3 is 0 Å². The lowest BCUT2D eigenvalue weighted by atomic mass is 10.2. The van der Waals surface area contributed by atoms with Gasteiger partial charge < -0.3 is 4.90 Å². The third kappa shape index (κ3) is 3.86. The maximum atomic E-state index is 11.4. The van der Waals surface area contributed by atoms with Gasteiger partial charge in [-0.25, -0.2) is 13.1 Å². The Hall–Kier alpha value is -0.430. The van der Waals surface area contributed by atoms with Crippen LogP contribution in [0, 0.1) is 0 Å². The molecule has 0 saturated heterocycles. The summed E-state index contributed by atoms with van der Waals surface area (Å²) in [7, 11) is 0.787. The molecule has 0 spiro atoms. The summed E-state index contributed by atoms with van der Waals surface area (Å²) in [6, 6.07) is 4.10. The van der Waals surface area contributed by atoms with Crippen molar-refractivity contribution in [3.8, 4) is 0 Å². The molecule has 0 saturated carbocycles. The standard InChI is InChI=1S/C10H18N2O2S2/c1-4-16(13,14)11-8-9(12(2)3)10-6-5-7-15-10/h5-7,9,11H,4,8H2,1-3H3. The second kappa shape index (κ2) is 5.77. The van der Waals surface area contributed by atoms with Gasteiger partial charge in [0.25, 0.3) is 0 Å². The molecule has 0 fully saturated rings. The minimum Gasteiger partial charge on any atom is -0.300 e. The number of likely N-dealkylation sites (N-methyl/N-ethyl adjacent to an activating group) is 1. The van der Waals surface area contributed by atoms with Crippen LogP contribution in [0.15, 0.2) is 17.5 Å². The van der Waals surface area contributed by atoms with Crippen molar-refractivity contribution in [3.63, 3.8) is 0 Å². The molecule has 6 heteroatoms. The zero-order valence-electron chi connectivity index (χ0n) is 9.80. The summed E-state index contributed by atoms with van der Waals surface area (Å²) in [6.07, 6.45) is 0. The highest BCUT2D eigenvalue weighted by molar-refractivity contribution is 7.89. The molecule has 16 heavy (non-hydrogen) atoms. The largest absolute Gasteiger partial charge is 0.300 e. The quantitative estimate of drug-likeness (QED) is 0.840. The van der Waals surface area contributed by atoms with Crippen LogP contribution in [-0.4, -0.2) is 39.7 Å². The van der Waals surface area contributed by atoms with Crippen molar-refractivity contribution in [1.29, 1.82) is 0 Å². The second-order valence-corrected chi connectivity index (χ2v) is 6.82. The maximum absolute atomic E-state index is 11.4. The molecule has 4 nitrogen and oxygen atoms in total. The van der Waals surface area contributed by atoms with E-state index in [-0.39, 0.29) is 11.8 Å². The minimum atomic E-state index is -3.11. The van der Waals surface area contributed by atoms with Gasteiger partial charge in [0.15, 0.2) is 0 Å². The Kier molecular flexibility index (Phi) is 4.91. The van der Waals surface area contributed by atoms with Gasteiger partial charge in [-0.3, -0.25) is 0 Å². The summed E-state index contributed by atoms with van der Waals surface area (Å²) >= 11 is 1.64. The Morgan fingerprint density at radius 3 is 2.62 bits per heavy atom. The zero-order chi connectivity index (χ0) is 12.2. The average Bonchev–Trinajstić information content (AvgIpc) is 2.71. The SMILES string of the molecule is CCS(=O)(=O)NCC(c1cccs1)N(C)C. The van der Waals surface area contributed by atoms with Crippen LogP contribution in [0.2, 0.25) is 0 Å². The number of rotatable bonds is 6. The predicted molar refractivity (Wildman–Crippen MR) is 68.2 cm³/mol. The van der Waals surface area contributed by atoms with Gasteiger partial charge in [0, 0.05) is 11.4 Å². The van der Waals surface area contributed by atoms with Crippen LogP contribution in [0.25, 0.3) is 0 Å². The molecule has 0 aliphatic heterocycles. The molecular weight excluding hydrogens is 244 g/mol. The zero-order valence-corrected chi connectivity index (χ0v) is 11.4. The van der Waals surface area contributed by atoms with Crippen LogP contribution in [-0.2, 0) is 10.0 Å². The molecule has 0 bridgehead atoms. The fraction of sp³-hybridized carbons (Fsp3) is 0.600. The number of hydrogen-bond acceptors (Lipinski definition) is 4. The summed E-state index contributed by atoms with van der Waals surface area (Å²) in [5.41, 5.74) is 0. The number of thiophene rings is 1. The lowest BCUT2D eigenvalue weighted by Gasteiger charge is -2.23. The first kappa shape index (κ1) is 13.6. The number of hydrogen-bond donors (Lipinski definition) is 1. The van der Waals surface area contributed by atoms with Crippen LogP contribution >= 0.6 is 11.3 Å². The summed E-state index contributed by atoms with van der Waals surface area (Å²) in [4.78, 5) is 3.19. The fourth-order valence-corrected chi connectivity index (χ4v) is 2.87. The van der Waals surface area contributed by atoms with Crippen molar-refractivity contribution in [2.75, 3.05) is 26.4 Å². The topological polar surface area (TPSA) is 49.4 Å². The maximum Gasteiger partial charge on any atom is 0.211 e. The highest BCUT2D eigenvalue weighted by Crippen LogP contribution is 2.22. The molecule has 0 aliphatic carbocycles. The van der Waals surface area contributed by atoms with Crippen LogP contribution in [0.4, 0.5) is 0 Å². The molecule has 0 amide bonds. The molecular formula is C10H18N2O2S2. The smallest absolute Gasteiger partial charge is 0.211 e. The van der Waals surface area contributed by atoms with Gasteiger partial charge in [-0.2, -0.15) is 0 Å². The third-order valence-electron chi connectivity index (χ3n) is 2.37. The van der Waals surface area contributed by atoms with E-state index in [1.807, 2.05) is 36.5 Å². The van der Waals surface area contributed by atoms with Crippen molar-refractivity contribution < 1.29 is 8.42 Å². The molecule has 1 unspecified atom stereocenters. The first-order valence-electron chi connectivity index (χ1n) is 5.13. The summed E-state index contributed by atoms with van der Waals surface area (Å²) in [5, 5.41) is 2.00. The van der Waals surface area contributed by atoms with Gasteiger partial charge in [0.2, 0.25) is 10.0 Å². The summed E-state index contributed by atoms with van der Waals surface area (Å²) in [6.45, 7) is 2.06. The van der Waals surface area contributed by atoms with Crippen molar-refractivity contribution in [2.45, 2.75) is 13.0 Å². The highest BCUT2D eigenvalue weighted by atomic mass is 32.2. The second-order valence-electron chi connectivity index (χ2n) is 3.75. The van der Waals surface area contributed by atoms with E-state index in [2.05, 4.69) is 4.72 Å². The molecule has 1 rings (SSSR count). The van der Waals surface area contributed by atoms with Crippen LogP contribution in [0.1, 0.15) is 17.8 Å². The number of nitrogens with zero attached hydrogens (tertiary/aromatic N) is 1. The Bertz CT molecular complexity index is 398. The molecule has 1 atom stereocenters. The van der Waals surface area contributed by atoms with E-state index >= 15 is 0 Å². The van der Waals surface area contributed by atoms with Gasteiger partial charge in [-0.05, 0) is 32.5 Å². The van der Waals surface area contributed by atoms with Crippen LogP contribution in [0.5, 0.6) is 0 Å². The molecule has 1 heterocycles. The average molecular weight is 262 g/mol. The van der Waals surface area contributed by atoms with Gasteiger partial charge in [-0.1, -0.05) is 6.07 Å². The summed E-state index contributed by atoms with van der Waals surface area (Å²) in [5.74, 6) is 0.123. The van der Waals surface area contributed by atoms with Gasteiger partial charge in [0.1, 0.15) is 0 Å². The van der Waals surface area contributed by atoms with Gasteiger partial charge in [0.05, 0.1) is 11.8 Å². The molecule has 0 aromatic carbocycles. The summed E-state index contributed by atoms with van der Waals surface area (Å²) < 4.78 is 25.4. The van der Waals surface area contributed by atoms with E-state index in [0.717, 1.165) is 0 Å². The van der Waals surface area contributed by atoms with E-state index in [1.165, 1.54) is 4.88 Å². The Morgan fingerprint density at radius 2 is 2.19 bits per heavy atom. The molecule has 92 valence electrons. The van der Waals surface area contributed by atoms with Crippen molar-refractivity contribution in [1.82, 2.24) is 9.62 Å². The van der Waals surface area contributed by atoms with E-state index in [0.29, 0.717) is 6.54 Å². The van der Waals surface area contributed by atoms with E-state index in [9.17, 15) is 8.42 Å².